The SMILES string of the molecule is O=c1cc2n(cc1O)CCNC2. The van der Waals surface area contributed by atoms with Crippen LogP contribution in [-0.2, 0) is 13.1 Å². The minimum atomic E-state index is -0.301. The fourth-order valence-corrected chi connectivity index (χ4v) is 1.38. The average Bonchev–Trinajstić information content (AvgIpc) is 2.07. The lowest BCUT2D eigenvalue weighted by Gasteiger charge is -2.19. The molecule has 2 heterocycles. The van der Waals surface area contributed by atoms with E-state index in [1.807, 2.05) is 4.57 Å². The van der Waals surface area contributed by atoms with Crippen LogP contribution in [0.5, 0.6) is 5.75 Å². The van der Waals surface area contributed by atoms with Crippen molar-refractivity contribution in [3.8, 4) is 5.75 Å². The van der Waals surface area contributed by atoms with Gasteiger partial charge in [-0.15, -0.1) is 0 Å². The van der Waals surface area contributed by atoms with Crippen molar-refractivity contribution in [3.05, 3.63) is 28.2 Å². The first-order valence-electron chi connectivity index (χ1n) is 3.90. The molecule has 0 atom stereocenters. The molecule has 64 valence electrons. The Labute approximate surface area is 69.5 Å². The third-order valence-electron chi connectivity index (χ3n) is 2.03. The summed E-state index contributed by atoms with van der Waals surface area (Å²) in [4.78, 5) is 11.0. The van der Waals surface area contributed by atoms with Gasteiger partial charge < -0.3 is 15.0 Å². The molecule has 0 radical (unpaired) electrons. The lowest BCUT2D eigenvalue weighted by molar-refractivity contribution is 0.444. The lowest BCUT2D eigenvalue weighted by Crippen LogP contribution is -2.30. The van der Waals surface area contributed by atoms with Crippen molar-refractivity contribution in [1.82, 2.24) is 9.88 Å². The number of nitrogens with one attached hydrogen (secondary N) is 1. The number of rotatable bonds is 0. The van der Waals surface area contributed by atoms with Crippen molar-refractivity contribution < 1.29 is 5.11 Å². The summed E-state index contributed by atoms with van der Waals surface area (Å²) < 4.78 is 1.90. The van der Waals surface area contributed by atoms with E-state index in [1.165, 1.54) is 12.3 Å². The molecular formula is C8H10N2O2. The van der Waals surface area contributed by atoms with Crippen molar-refractivity contribution >= 4 is 0 Å². The molecule has 2 N–H and O–H groups in total. The van der Waals surface area contributed by atoms with Gasteiger partial charge >= 0.3 is 0 Å². The Morgan fingerprint density at radius 3 is 3.25 bits per heavy atom. The quantitative estimate of drug-likeness (QED) is 0.554. The highest BCUT2D eigenvalue weighted by Crippen LogP contribution is 2.07. The molecule has 0 bridgehead atoms. The van der Waals surface area contributed by atoms with Gasteiger partial charge in [-0.05, 0) is 0 Å². The van der Waals surface area contributed by atoms with E-state index in [-0.39, 0.29) is 11.2 Å². The van der Waals surface area contributed by atoms with Crippen molar-refractivity contribution in [2.45, 2.75) is 13.1 Å². The van der Waals surface area contributed by atoms with Gasteiger partial charge in [-0.25, -0.2) is 0 Å². The van der Waals surface area contributed by atoms with E-state index in [9.17, 15) is 4.79 Å². The number of nitrogens with zero attached hydrogens (tertiary/aromatic N) is 1. The Kier molecular flexibility index (Phi) is 1.62. The van der Waals surface area contributed by atoms with Crippen LogP contribution in [0.15, 0.2) is 17.1 Å². The first-order chi connectivity index (χ1) is 5.77. The van der Waals surface area contributed by atoms with Gasteiger partial charge in [0.15, 0.2) is 5.75 Å². The van der Waals surface area contributed by atoms with Crippen LogP contribution in [0.4, 0.5) is 0 Å². The molecule has 1 aromatic rings. The standard InChI is InChI=1S/C8H10N2O2/c11-7-3-6-4-9-1-2-10(6)5-8(7)12/h3,5,9,12H,1-2,4H2. The minimum absolute atomic E-state index is 0.166. The fraction of sp³-hybridized carbons (Fsp3) is 0.375. The zero-order chi connectivity index (χ0) is 8.55. The van der Waals surface area contributed by atoms with Crippen molar-refractivity contribution in [1.29, 1.82) is 0 Å². The summed E-state index contributed by atoms with van der Waals surface area (Å²) in [5, 5.41) is 12.3. The second-order valence-corrected chi connectivity index (χ2v) is 2.88. The minimum Gasteiger partial charge on any atom is -0.503 e. The second kappa shape index (κ2) is 2.64. The third kappa shape index (κ3) is 1.10. The van der Waals surface area contributed by atoms with Crippen molar-refractivity contribution in [2.24, 2.45) is 0 Å². The smallest absolute Gasteiger partial charge is 0.223 e. The van der Waals surface area contributed by atoms with Gasteiger partial charge in [0.25, 0.3) is 0 Å². The Hall–Kier alpha value is -1.29. The Morgan fingerprint density at radius 2 is 2.42 bits per heavy atom. The second-order valence-electron chi connectivity index (χ2n) is 2.88. The van der Waals surface area contributed by atoms with Crippen LogP contribution in [-0.4, -0.2) is 16.2 Å². The largest absolute Gasteiger partial charge is 0.503 e. The maximum absolute atomic E-state index is 11.0. The normalized spacial score (nSPS) is 15.7. The van der Waals surface area contributed by atoms with Crippen LogP contribution >= 0.6 is 0 Å². The Bertz CT molecular complexity index is 357. The maximum atomic E-state index is 11.0. The zero-order valence-electron chi connectivity index (χ0n) is 6.58. The Balaban J connectivity index is 2.56. The summed E-state index contributed by atoms with van der Waals surface area (Å²) in [6, 6.07) is 1.47. The number of hydrogen-bond donors (Lipinski definition) is 2. The monoisotopic (exact) mass is 166 g/mol. The van der Waals surface area contributed by atoms with E-state index < -0.39 is 0 Å². The number of pyridine rings is 1. The van der Waals surface area contributed by atoms with Gasteiger partial charge in [0.1, 0.15) is 0 Å². The maximum Gasteiger partial charge on any atom is 0.223 e. The summed E-state index contributed by atoms with van der Waals surface area (Å²) in [6.07, 6.45) is 1.50. The summed E-state index contributed by atoms with van der Waals surface area (Å²) >= 11 is 0. The predicted octanol–water partition coefficient (Wildman–Crippen LogP) is -0.343. The van der Waals surface area contributed by atoms with E-state index in [4.69, 9.17) is 5.11 Å². The molecule has 4 heteroatoms. The van der Waals surface area contributed by atoms with Gasteiger partial charge in [0.05, 0.1) is 6.20 Å². The highest BCUT2D eigenvalue weighted by molar-refractivity contribution is 5.20. The molecule has 1 aromatic heterocycles. The Morgan fingerprint density at radius 1 is 1.58 bits per heavy atom. The molecule has 0 unspecified atom stereocenters. The molecule has 0 aliphatic carbocycles. The highest BCUT2D eigenvalue weighted by Gasteiger charge is 2.08. The van der Waals surface area contributed by atoms with Crippen LogP contribution < -0.4 is 10.7 Å². The summed E-state index contributed by atoms with van der Waals surface area (Å²) in [5.74, 6) is -0.166. The van der Waals surface area contributed by atoms with Crippen LogP contribution in [0.2, 0.25) is 0 Å². The predicted molar refractivity (Wildman–Crippen MR) is 44.1 cm³/mol. The lowest BCUT2D eigenvalue weighted by atomic mass is 10.2. The van der Waals surface area contributed by atoms with Crippen LogP contribution in [0, 0.1) is 0 Å². The summed E-state index contributed by atoms with van der Waals surface area (Å²) in [6.45, 7) is 2.40. The van der Waals surface area contributed by atoms with Crippen molar-refractivity contribution in [2.75, 3.05) is 6.54 Å². The molecule has 0 spiro atoms. The van der Waals surface area contributed by atoms with Gasteiger partial charge in [-0.2, -0.15) is 0 Å². The van der Waals surface area contributed by atoms with Gasteiger partial charge in [-0.3, -0.25) is 4.79 Å². The fourth-order valence-electron chi connectivity index (χ4n) is 1.38. The molecule has 12 heavy (non-hydrogen) atoms. The molecule has 1 aliphatic heterocycles. The van der Waals surface area contributed by atoms with Crippen LogP contribution in [0.25, 0.3) is 0 Å². The van der Waals surface area contributed by atoms with Gasteiger partial charge in [0, 0.05) is 31.4 Å². The van der Waals surface area contributed by atoms with E-state index in [0.29, 0.717) is 6.54 Å². The average molecular weight is 166 g/mol. The summed E-state index contributed by atoms with van der Waals surface area (Å²) in [5.41, 5.74) is 0.633. The summed E-state index contributed by atoms with van der Waals surface area (Å²) in [7, 11) is 0. The van der Waals surface area contributed by atoms with Gasteiger partial charge in [0.2, 0.25) is 5.43 Å². The molecule has 0 saturated carbocycles. The number of aromatic nitrogens is 1. The van der Waals surface area contributed by atoms with E-state index in [1.54, 1.807) is 0 Å². The van der Waals surface area contributed by atoms with Crippen LogP contribution in [0.1, 0.15) is 5.69 Å². The zero-order valence-corrected chi connectivity index (χ0v) is 6.58. The molecule has 0 saturated heterocycles. The third-order valence-corrected chi connectivity index (χ3v) is 2.03. The van der Waals surface area contributed by atoms with Gasteiger partial charge in [-0.1, -0.05) is 0 Å². The molecular weight excluding hydrogens is 156 g/mol. The number of aromatic hydroxyl groups is 1. The first kappa shape index (κ1) is 7.36. The number of fused-ring (bicyclic) bond motifs is 1. The van der Waals surface area contributed by atoms with Crippen LogP contribution in [0.3, 0.4) is 0 Å². The number of hydrogen-bond acceptors (Lipinski definition) is 3. The molecule has 2 rings (SSSR count). The highest BCUT2D eigenvalue weighted by atomic mass is 16.3. The van der Waals surface area contributed by atoms with E-state index in [0.717, 1.165) is 18.8 Å². The molecule has 0 aromatic carbocycles. The van der Waals surface area contributed by atoms with Crippen molar-refractivity contribution in [3.63, 3.8) is 0 Å². The van der Waals surface area contributed by atoms with E-state index in [2.05, 4.69) is 5.32 Å². The molecule has 1 aliphatic rings. The van der Waals surface area contributed by atoms with E-state index >= 15 is 0 Å². The molecule has 0 amide bonds. The molecule has 0 fully saturated rings. The molecule has 4 nitrogen and oxygen atoms in total. The topological polar surface area (TPSA) is 54.3 Å². The first-order valence-corrected chi connectivity index (χ1v) is 3.90.